The Kier molecular flexibility index (Phi) is 4.37. The zero-order chi connectivity index (χ0) is 13.8. The number of carbonyl (C=O) groups is 1. The summed E-state index contributed by atoms with van der Waals surface area (Å²) in [6.07, 6.45) is 1.27. The van der Waals surface area contributed by atoms with Gasteiger partial charge in [-0.15, -0.1) is 0 Å². The lowest BCUT2D eigenvalue weighted by Crippen LogP contribution is -2.42. The topological polar surface area (TPSA) is 52.6 Å². The second-order valence-electron chi connectivity index (χ2n) is 5.01. The molecule has 104 valence electrons. The number of benzene rings is 1. The summed E-state index contributed by atoms with van der Waals surface area (Å²) in [6.45, 7) is 3.03. The smallest absolute Gasteiger partial charge is 0.321 e. The van der Waals surface area contributed by atoms with Gasteiger partial charge >= 0.3 is 6.03 Å². The van der Waals surface area contributed by atoms with Gasteiger partial charge in [0.25, 0.3) is 0 Å². The van der Waals surface area contributed by atoms with Crippen LogP contribution in [0.25, 0.3) is 0 Å². The van der Waals surface area contributed by atoms with Gasteiger partial charge < -0.3 is 15.3 Å². The van der Waals surface area contributed by atoms with Crippen LogP contribution in [0.5, 0.6) is 0 Å². The number of anilines is 1. The molecule has 0 bridgehead atoms. The number of hydrogen-bond acceptors (Lipinski definition) is 2. The van der Waals surface area contributed by atoms with Crippen molar-refractivity contribution < 1.29 is 14.3 Å². The van der Waals surface area contributed by atoms with Crippen LogP contribution in [0.3, 0.4) is 0 Å². The number of rotatable bonds is 2. The second-order valence-corrected chi connectivity index (χ2v) is 5.01. The predicted octanol–water partition coefficient (Wildman–Crippen LogP) is 2.45. The number of likely N-dealkylation sites (tertiary alicyclic amines) is 1. The van der Waals surface area contributed by atoms with E-state index in [0.717, 1.165) is 12.8 Å². The first-order chi connectivity index (χ1) is 9.06. The lowest BCUT2D eigenvalue weighted by Gasteiger charge is -2.33. The van der Waals surface area contributed by atoms with Crippen LogP contribution in [0, 0.1) is 11.7 Å². The molecule has 1 heterocycles. The van der Waals surface area contributed by atoms with Gasteiger partial charge in [0.05, 0.1) is 6.10 Å². The summed E-state index contributed by atoms with van der Waals surface area (Å²) in [6, 6.07) is 5.63. The maximum atomic E-state index is 13.0. The number of piperidine rings is 1. The molecular weight excluding hydrogens is 247 g/mol. The fourth-order valence-electron chi connectivity index (χ4n) is 2.35. The fourth-order valence-corrected chi connectivity index (χ4v) is 2.35. The molecule has 2 rings (SSSR count). The van der Waals surface area contributed by atoms with Gasteiger partial charge in [-0.3, -0.25) is 0 Å². The number of aliphatic hydroxyl groups excluding tert-OH is 1. The van der Waals surface area contributed by atoms with Crippen LogP contribution in [0.4, 0.5) is 14.9 Å². The van der Waals surface area contributed by atoms with Gasteiger partial charge in [-0.2, -0.15) is 0 Å². The van der Waals surface area contributed by atoms with Crippen LogP contribution in [0.15, 0.2) is 24.3 Å². The van der Waals surface area contributed by atoms with Gasteiger partial charge in [-0.25, -0.2) is 9.18 Å². The molecule has 2 N–H and O–H groups in total. The molecule has 5 heteroatoms. The monoisotopic (exact) mass is 266 g/mol. The highest BCUT2D eigenvalue weighted by Crippen LogP contribution is 2.21. The van der Waals surface area contributed by atoms with Crippen molar-refractivity contribution in [1.82, 2.24) is 4.90 Å². The highest BCUT2D eigenvalue weighted by atomic mass is 19.1. The highest BCUT2D eigenvalue weighted by Gasteiger charge is 2.25. The summed E-state index contributed by atoms with van der Waals surface area (Å²) >= 11 is 0. The van der Waals surface area contributed by atoms with Crippen LogP contribution < -0.4 is 5.32 Å². The molecule has 1 aliphatic heterocycles. The summed E-state index contributed by atoms with van der Waals surface area (Å²) in [5.74, 6) is -0.108. The molecule has 1 aromatic carbocycles. The molecule has 19 heavy (non-hydrogen) atoms. The average molecular weight is 266 g/mol. The Morgan fingerprint density at radius 1 is 1.47 bits per heavy atom. The molecule has 1 atom stereocenters. The molecule has 0 aliphatic carbocycles. The third-order valence-electron chi connectivity index (χ3n) is 3.58. The summed E-state index contributed by atoms with van der Waals surface area (Å²) in [5.41, 5.74) is 0.461. The minimum Gasteiger partial charge on any atom is -0.393 e. The van der Waals surface area contributed by atoms with Crippen molar-refractivity contribution in [2.24, 2.45) is 5.92 Å². The predicted molar refractivity (Wildman–Crippen MR) is 71.4 cm³/mol. The third kappa shape index (κ3) is 3.67. The van der Waals surface area contributed by atoms with Crippen LogP contribution in [0.2, 0.25) is 0 Å². The van der Waals surface area contributed by atoms with Gasteiger partial charge in [0, 0.05) is 18.8 Å². The maximum absolute atomic E-state index is 13.0. The van der Waals surface area contributed by atoms with Crippen LogP contribution in [-0.4, -0.2) is 35.2 Å². The Morgan fingerprint density at radius 3 is 2.74 bits per heavy atom. The van der Waals surface area contributed by atoms with Crippen LogP contribution in [-0.2, 0) is 0 Å². The van der Waals surface area contributed by atoms with E-state index in [0.29, 0.717) is 18.8 Å². The Balaban J connectivity index is 1.88. The minimum absolute atomic E-state index is 0.213. The summed E-state index contributed by atoms with van der Waals surface area (Å²) < 4.78 is 13.0. The average Bonchev–Trinajstić information content (AvgIpc) is 2.39. The molecule has 1 fully saturated rings. The number of halogens is 1. The zero-order valence-corrected chi connectivity index (χ0v) is 11.0. The number of carbonyl (C=O) groups excluding carboxylic acids is 1. The number of aliphatic hydroxyl groups is 1. The maximum Gasteiger partial charge on any atom is 0.321 e. The van der Waals surface area contributed by atoms with Crippen molar-refractivity contribution in [2.45, 2.75) is 25.9 Å². The van der Waals surface area contributed by atoms with Crippen LogP contribution >= 0.6 is 0 Å². The third-order valence-corrected chi connectivity index (χ3v) is 3.58. The van der Waals surface area contributed by atoms with Crippen molar-refractivity contribution in [3.63, 3.8) is 0 Å². The fraction of sp³-hybridized carbons (Fsp3) is 0.500. The molecule has 1 saturated heterocycles. The lowest BCUT2D eigenvalue weighted by atomic mass is 9.92. The molecule has 0 aromatic heterocycles. The first kappa shape index (κ1) is 13.8. The van der Waals surface area contributed by atoms with E-state index in [1.165, 1.54) is 12.1 Å². The van der Waals surface area contributed by atoms with E-state index < -0.39 is 0 Å². The molecule has 1 unspecified atom stereocenters. The first-order valence-electron chi connectivity index (χ1n) is 6.56. The lowest BCUT2D eigenvalue weighted by molar-refractivity contribution is 0.0820. The van der Waals surface area contributed by atoms with Gasteiger partial charge in [-0.1, -0.05) is 6.07 Å². The summed E-state index contributed by atoms with van der Waals surface area (Å²) in [4.78, 5) is 13.7. The normalized spacial score (nSPS) is 18.2. The molecular formula is C14H19FN2O2. The van der Waals surface area contributed by atoms with Gasteiger partial charge in [0.2, 0.25) is 0 Å². The van der Waals surface area contributed by atoms with Gasteiger partial charge in [0.15, 0.2) is 0 Å². The van der Waals surface area contributed by atoms with Crippen molar-refractivity contribution in [3.05, 3.63) is 30.1 Å². The quantitative estimate of drug-likeness (QED) is 0.864. The van der Waals surface area contributed by atoms with Crippen molar-refractivity contribution >= 4 is 11.7 Å². The summed E-state index contributed by atoms with van der Waals surface area (Å²) in [7, 11) is 0. The number of hydrogen-bond donors (Lipinski definition) is 2. The van der Waals surface area contributed by atoms with E-state index >= 15 is 0 Å². The largest absolute Gasteiger partial charge is 0.393 e. The Hall–Kier alpha value is -1.62. The molecule has 0 radical (unpaired) electrons. The molecule has 1 aromatic rings. The molecule has 4 nitrogen and oxygen atoms in total. The van der Waals surface area contributed by atoms with E-state index in [9.17, 15) is 14.3 Å². The highest BCUT2D eigenvalue weighted by molar-refractivity contribution is 5.89. The second kappa shape index (κ2) is 6.02. The molecule has 2 amide bonds. The van der Waals surface area contributed by atoms with Gasteiger partial charge in [-0.05, 0) is 43.9 Å². The molecule has 0 saturated carbocycles. The Bertz CT molecular complexity index is 443. The van der Waals surface area contributed by atoms with Gasteiger partial charge in [0.1, 0.15) is 5.82 Å². The molecule has 1 aliphatic rings. The van der Waals surface area contributed by atoms with E-state index in [2.05, 4.69) is 5.32 Å². The summed E-state index contributed by atoms with van der Waals surface area (Å²) in [5, 5.41) is 12.2. The zero-order valence-electron chi connectivity index (χ0n) is 11.0. The number of nitrogens with one attached hydrogen (secondary N) is 1. The van der Waals surface area contributed by atoms with E-state index in [-0.39, 0.29) is 23.9 Å². The van der Waals surface area contributed by atoms with E-state index in [1.807, 2.05) is 0 Å². The molecule has 0 spiro atoms. The number of amides is 2. The van der Waals surface area contributed by atoms with Crippen LogP contribution in [0.1, 0.15) is 19.8 Å². The Morgan fingerprint density at radius 2 is 2.16 bits per heavy atom. The van der Waals surface area contributed by atoms with Crippen molar-refractivity contribution in [2.75, 3.05) is 18.4 Å². The van der Waals surface area contributed by atoms with E-state index in [1.54, 1.807) is 24.0 Å². The SMILES string of the molecule is CC(O)C1CCN(C(=O)Nc2cccc(F)c2)CC1. The minimum atomic E-state index is -0.370. The number of urea groups is 1. The number of nitrogens with zero attached hydrogens (tertiary/aromatic N) is 1. The first-order valence-corrected chi connectivity index (χ1v) is 6.56. The Labute approximate surface area is 112 Å². The van der Waals surface area contributed by atoms with Crippen molar-refractivity contribution in [3.8, 4) is 0 Å². The van der Waals surface area contributed by atoms with Crippen molar-refractivity contribution in [1.29, 1.82) is 0 Å². The standard InChI is InChI=1S/C14H19FN2O2/c1-10(18)11-5-7-17(8-6-11)14(19)16-13-4-2-3-12(15)9-13/h2-4,9-11,18H,5-8H2,1H3,(H,16,19). The van der Waals surface area contributed by atoms with E-state index in [4.69, 9.17) is 0 Å².